The Bertz CT molecular complexity index is 522. The number of aromatic nitrogens is 4. The van der Waals surface area contributed by atoms with Crippen LogP contribution < -0.4 is 0 Å². The lowest BCUT2D eigenvalue weighted by atomic mass is 9.96. The minimum atomic E-state index is 0.0975. The van der Waals surface area contributed by atoms with Crippen LogP contribution in [-0.4, -0.2) is 62.1 Å². The molecule has 1 saturated heterocycles. The smallest absolute Gasteiger partial charge is 0.233 e. The van der Waals surface area contributed by atoms with Gasteiger partial charge in [0.1, 0.15) is 0 Å². The molecule has 1 aromatic rings. The summed E-state index contributed by atoms with van der Waals surface area (Å²) < 4.78 is 7.60. The summed E-state index contributed by atoms with van der Waals surface area (Å²) >= 11 is 1.45. The number of morpholine rings is 1. The van der Waals surface area contributed by atoms with Gasteiger partial charge in [-0.15, -0.1) is 5.10 Å². The van der Waals surface area contributed by atoms with Gasteiger partial charge in [-0.05, 0) is 37.1 Å². The van der Waals surface area contributed by atoms with E-state index in [1.165, 1.54) is 31.0 Å². The molecule has 3 rings (SSSR count). The first-order valence-electron chi connectivity index (χ1n) is 8.47. The predicted octanol–water partition coefficient (Wildman–Crippen LogP) is 1.91. The summed E-state index contributed by atoms with van der Waals surface area (Å²) in [6.07, 6.45) is 6.22. The van der Waals surface area contributed by atoms with Crippen molar-refractivity contribution in [3.8, 4) is 0 Å². The van der Waals surface area contributed by atoms with Crippen LogP contribution >= 0.6 is 11.8 Å². The first kappa shape index (κ1) is 16.7. The van der Waals surface area contributed by atoms with Gasteiger partial charge in [0.15, 0.2) is 0 Å². The zero-order valence-electron chi connectivity index (χ0n) is 13.8. The molecule has 0 aromatic carbocycles. The molecule has 1 amide bonds. The highest BCUT2D eigenvalue weighted by atomic mass is 32.2. The zero-order valence-corrected chi connectivity index (χ0v) is 14.7. The van der Waals surface area contributed by atoms with E-state index in [0.717, 1.165) is 18.0 Å². The van der Waals surface area contributed by atoms with Crippen molar-refractivity contribution in [1.82, 2.24) is 25.1 Å². The highest BCUT2D eigenvalue weighted by Gasteiger charge is 2.27. The number of ether oxygens (including phenoxy) is 1. The number of carbonyl (C=O) groups excluding carboxylic acids is 1. The highest BCUT2D eigenvalue weighted by Crippen LogP contribution is 2.30. The van der Waals surface area contributed by atoms with Crippen molar-refractivity contribution < 1.29 is 9.53 Å². The largest absolute Gasteiger partial charge is 0.372 e. The van der Waals surface area contributed by atoms with Gasteiger partial charge in [-0.3, -0.25) is 4.79 Å². The number of carbonyl (C=O) groups is 1. The van der Waals surface area contributed by atoms with Crippen LogP contribution in [0.5, 0.6) is 0 Å². The van der Waals surface area contributed by atoms with Crippen LogP contribution in [0.25, 0.3) is 0 Å². The predicted molar refractivity (Wildman–Crippen MR) is 87.3 cm³/mol. The van der Waals surface area contributed by atoms with Gasteiger partial charge < -0.3 is 9.64 Å². The summed E-state index contributed by atoms with van der Waals surface area (Å²) in [6.45, 7) is 5.34. The third kappa shape index (κ3) is 4.23. The van der Waals surface area contributed by atoms with Gasteiger partial charge in [-0.1, -0.05) is 31.0 Å². The van der Waals surface area contributed by atoms with Crippen LogP contribution in [0.1, 0.15) is 52.0 Å². The number of thioether (sulfide) groups is 1. The van der Waals surface area contributed by atoms with Crippen molar-refractivity contribution in [2.24, 2.45) is 0 Å². The number of nitrogens with zero attached hydrogens (tertiary/aromatic N) is 5. The van der Waals surface area contributed by atoms with Gasteiger partial charge >= 0.3 is 0 Å². The van der Waals surface area contributed by atoms with Crippen molar-refractivity contribution in [3.05, 3.63) is 0 Å². The fourth-order valence-electron chi connectivity index (χ4n) is 3.43. The molecule has 1 aromatic heterocycles. The monoisotopic (exact) mass is 339 g/mol. The summed E-state index contributed by atoms with van der Waals surface area (Å²) in [5, 5.41) is 12.8. The first-order valence-corrected chi connectivity index (χ1v) is 9.46. The third-order valence-corrected chi connectivity index (χ3v) is 5.40. The first-order chi connectivity index (χ1) is 11.1. The van der Waals surface area contributed by atoms with Crippen molar-refractivity contribution in [2.45, 2.75) is 69.4 Å². The van der Waals surface area contributed by atoms with Crippen molar-refractivity contribution in [2.75, 3.05) is 18.8 Å². The van der Waals surface area contributed by atoms with E-state index in [-0.39, 0.29) is 18.1 Å². The van der Waals surface area contributed by atoms with E-state index in [9.17, 15) is 4.79 Å². The Morgan fingerprint density at radius 2 is 1.91 bits per heavy atom. The average molecular weight is 339 g/mol. The van der Waals surface area contributed by atoms with Gasteiger partial charge in [0.25, 0.3) is 0 Å². The summed E-state index contributed by atoms with van der Waals surface area (Å²) in [5.74, 6) is 0.516. The number of tetrazole rings is 1. The summed E-state index contributed by atoms with van der Waals surface area (Å²) in [4.78, 5) is 14.3. The Labute approximate surface area is 141 Å². The van der Waals surface area contributed by atoms with Gasteiger partial charge in [-0.25, -0.2) is 4.68 Å². The Balaban J connectivity index is 1.56. The van der Waals surface area contributed by atoms with E-state index in [1.54, 1.807) is 0 Å². The molecule has 0 N–H and O–H groups in total. The number of hydrogen-bond donors (Lipinski definition) is 0. The third-order valence-electron chi connectivity index (χ3n) is 4.48. The number of hydrogen-bond acceptors (Lipinski definition) is 6. The molecule has 1 aliphatic carbocycles. The molecular weight excluding hydrogens is 314 g/mol. The van der Waals surface area contributed by atoms with E-state index in [1.807, 2.05) is 23.4 Å². The van der Waals surface area contributed by atoms with Gasteiger partial charge in [0.05, 0.1) is 24.0 Å². The van der Waals surface area contributed by atoms with E-state index in [2.05, 4.69) is 15.5 Å². The van der Waals surface area contributed by atoms with Crippen LogP contribution in [0.3, 0.4) is 0 Å². The van der Waals surface area contributed by atoms with Crippen LogP contribution in [0.4, 0.5) is 0 Å². The Kier molecular flexibility index (Phi) is 5.53. The molecule has 1 aliphatic heterocycles. The van der Waals surface area contributed by atoms with Crippen molar-refractivity contribution in [1.29, 1.82) is 0 Å². The Morgan fingerprint density at radius 3 is 2.61 bits per heavy atom. The van der Waals surface area contributed by atoms with E-state index < -0.39 is 0 Å². The lowest BCUT2D eigenvalue weighted by molar-refractivity contribution is -0.140. The molecule has 2 atom stereocenters. The minimum absolute atomic E-state index is 0.0975. The fourth-order valence-corrected chi connectivity index (χ4v) is 4.28. The van der Waals surface area contributed by atoms with Gasteiger partial charge in [0.2, 0.25) is 11.1 Å². The quantitative estimate of drug-likeness (QED) is 0.780. The molecule has 2 aliphatic rings. The SMILES string of the molecule is CC1CN(C(=O)CSc2nnnn2C2CCCCC2)CC(C)O1. The molecule has 8 heteroatoms. The molecule has 0 radical (unpaired) electrons. The minimum Gasteiger partial charge on any atom is -0.372 e. The van der Waals surface area contributed by atoms with E-state index >= 15 is 0 Å². The summed E-state index contributed by atoms with van der Waals surface area (Å²) in [7, 11) is 0. The van der Waals surface area contributed by atoms with Gasteiger partial charge in [-0.2, -0.15) is 0 Å². The van der Waals surface area contributed by atoms with Crippen molar-refractivity contribution in [3.63, 3.8) is 0 Å². The molecule has 2 heterocycles. The van der Waals surface area contributed by atoms with Crippen molar-refractivity contribution >= 4 is 17.7 Å². The lowest BCUT2D eigenvalue weighted by Crippen LogP contribution is -2.48. The molecule has 0 bridgehead atoms. The molecule has 1 saturated carbocycles. The van der Waals surface area contributed by atoms with Crippen LogP contribution in [0.2, 0.25) is 0 Å². The maximum Gasteiger partial charge on any atom is 0.233 e. The second-order valence-corrected chi connectivity index (χ2v) is 7.49. The normalized spacial score (nSPS) is 26.4. The molecule has 7 nitrogen and oxygen atoms in total. The Morgan fingerprint density at radius 1 is 1.22 bits per heavy atom. The topological polar surface area (TPSA) is 73.1 Å². The molecule has 0 spiro atoms. The molecule has 128 valence electrons. The molecule has 2 fully saturated rings. The summed E-state index contributed by atoms with van der Waals surface area (Å²) in [6, 6.07) is 0.389. The fraction of sp³-hybridized carbons (Fsp3) is 0.867. The number of rotatable bonds is 4. The van der Waals surface area contributed by atoms with Gasteiger partial charge in [0, 0.05) is 13.1 Å². The maximum atomic E-state index is 12.4. The number of amides is 1. The molecular formula is C15H25N5O2S. The second kappa shape index (κ2) is 7.61. The zero-order chi connectivity index (χ0) is 16.2. The lowest BCUT2D eigenvalue weighted by Gasteiger charge is -2.35. The average Bonchev–Trinajstić information content (AvgIpc) is 3.01. The highest BCUT2D eigenvalue weighted by molar-refractivity contribution is 7.99. The standard InChI is InChI=1S/C15H25N5O2S/c1-11-8-19(9-12(2)22-11)14(21)10-23-15-16-17-18-20(15)13-6-4-3-5-7-13/h11-13H,3-10H2,1-2H3. The van der Waals surface area contributed by atoms with Crippen LogP contribution in [0.15, 0.2) is 5.16 Å². The Hall–Kier alpha value is -1.15. The molecule has 2 unspecified atom stereocenters. The summed E-state index contributed by atoms with van der Waals surface area (Å²) in [5.41, 5.74) is 0. The maximum absolute atomic E-state index is 12.4. The second-order valence-electron chi connectivity index (χ2n) is 6.54. The van der Waals surface area contributed by atoms with E-state index in [4.69, 9.17) is 4.74 Å². The van der Waals surface area contributed by atoms with Crippen LogP contribution in [0, 0.1) is 0 Å². The van der Waals surface area contributed by atoms with E-state index in [0.29, 0.717) is 24.9 Å². The van der Waals surface area contributed by atoms with Crippen LogP contribution in [-0.2, 0) is 9.53 Å². The molecule has 23 heavy (non-hydrogen) atoms.